The molecule has 0 aliphatic rings. The standard InChI is InChI=1S/C8H5ClN2O2S/c9-7-5(1-2-6(12)13)11-3-4-14-8(11)10-7/h1-4H,(H,12,13)/b2-1+. The molecule has 2 aromatic heterocycles. The fraction of sp³-hybridized carbons (Fsp3) is 0. The fourth-order valence-corrected chi connectivity index (χ4v) is 2.08. The minimum absolute atomic E-state index is 0.314. The molecule has 72 valence electrons. The first kappa shape index (κ1) is 9.23. The van der Waals surface area contributed by atoms with Gasteiger partial charge in [-0.15, -0.1) is 11.3 Å². The summed E-state index contributed by atoms with van der Waals surface area (Å²) >= 11 is 7.27. The van der Waals surface area contributed by atoms with Gasteiger partial charge in [0.05, 0.1) is 5.69 Å². The lowest BCUT2D eigenvalue weighted by Crippen LogP contribution is -1.87. The van der Waals surface area contributed by atoms with Crippen molar-refractivity contribution in [1.29, 1.82) is 0 Å². The van der Waals surface area contributed by atoms with Crippen molar-refractivity contribution in [3.63, 3.8) is 0 Å². The van der Waals surface area contributed by atoms with E-state index in [1.165, 1.54) is 17.4 Å². The van der Waals surface area contributed by atoms with Crippen LogP contribution in [0.1, 0.15) is 5.69 Å². The molecule has 0 aliphatic heterocycles. The molecular weight excluding hydrogens is 224 g/mol. The number of carbonyl (C=O) groups is 1. The number of thiazole rings is 1. The largest absolute Gasteiger partial charge is 0.478 e. The Hall–Kier alpha value is -1.33. The van der Waals surface area contributed by atoms with Crippen LogP contribution in [0.15, 0.2) is 17.7 Å². The third-order valence-corrected chi connectivity index (χ3v) is 2.67. The molecule has 0 spiro atoms. The zero-order chi connectivity index (χ0) is 10.1. The summed E-state index contributed by atoms with van der Waals surface area (Å²) in [5.74, 6) is -1.01. The molecule has 0 atom stereocenters. The van der Waals surface area contributed by atoms with Gasteiger partial charge in [-0.05, 0) is 6.08 Å². The van der Waals surface area contributed by atoms with Gasteiger partial charge in [-0.1, -0.05) is 11.6 Å². The number of carboxylic acid groups (broad SMARTS) is 1. The lowest BCUT2D eigenvalue weighted by atomic mass is 10.4. The molecule has 0 bridgehead atoms. The normalized spacial score (nSPS) is 11.5. The van der Waals surface area contributed by atoms with E-state index in [0.29, 0.717) is 10.8 Å². The van der Waals surface area contributed by atoms with Gasteiger partial charge in [0.1, 0.15) is 0 Å². The molecule has 0 saturated heterocycles. The minimum Gasteiger partial charge on any atom is -0.478 e. The maximum Gasteiger partial charge on any atom is 0.328 e. The van der Waals surface area contributed by atoms with Crippen molar-refractivity contribution in [3.05, 3.63) is 28.5 Å². The summed E-state index contributed by atoms with van der Waals surface area (Å²) in [5.41, 5.74) is 0.588. The number of aromatic nitrogens is 2. The molecule has 1 N–H and O–H groups in total. The number of fused-ring (bicyclic) bond motifs is 1. The Balaban J connectivity index is 2.54. The van der Waals surface area contributed by atoms with Gasteiger partial charge in [0.15, 0.2) is 10.1 Å². The third-order valence-electron chi connectivity index (χ3n) is 1.64. The molecule has 0 aromatic carbocycles. The van der Waals surface area contributed by atoms with Gasteiger partial charge in [-0.2, -0.15) is 0 Å². The van der Waals surface area contributed by atoms with Gasteiger partial charge in [0, 0.05) is 17.7 Å². The number of hydrogen-bond donors (Lipinski definition) is 1. The number of nitrogens with zero attached hydrogens (tertiary/aromatic N) is 2. The van der Waals surface area contributed by atoms with Crippen molar-refractivity contribution in [2.75, 3.05) is 0 Å². The van der Waals surface area contributed by atoms with E-state index in [0.717, 1.165) is 11.0 Å². The van der Waals surface area contributed by atoms with Crippen LogP contribution in [0, 0.1) is 0 Å². The molecule has 6 heteroatoms. The van der Waals surface area contributed by atoms with Crippen LogP contribution in [-0.2, 0) is 4.79 Å². The van der Waals surface area contributed by atoms with Gasteiger partial charge in [0.25, 0.3) is 0 Å². The van der Waals surface area contributed by atoms with E-state index in [4.69, 9.17) is 16.7 Å². The molecule has 14 heavy (non-hydrogen) atoms. The average molecular weight is 229 g/mol. The monoisotopic (exact) mass is 228 g/mol. The Morgan fingerprint density at radius 1 is 1.71 bits per heavy atom. The summed E-state index contributed by atoms with van der Waals surface area (Å²) in [4.78, 5) is 15.1. The van der Waals surface area contributed by atoms with Gasteiger partial charge in [-0.25, -0.2) is 9.78 Å². The minimum atomic E-state index is -1.01. The summed E-state index contributed by atoms with van der Waals surface area (Å²) in [6.07, 6.45) is 4.25. The molecule has 0 amide bonds. The molecule has 0 radical (unpaired) electrons. The van der Waals surface area contributed by atoms with Crippen molar-refractivity contribution in [2.45, 2.75) is 0 Å². The lowest BCUT2D eigenvalue weighted by Gasteiger charge is -1.89. The number of carboxylic acids is 1. The highest BCUT2D eigenvalue weighted by molar-refractivity contribution is 7.15. The third kappa shape index (κ3) is 1.51. The van der Waals surface area contributed by atoms with Crippen LogP contribution in [0.4, 0.5) is 0 Å². The van der Waals surface area contributed by atoms with Crippen molar-refractivity contribution in [1.82, 2.24) is 9.38 Å². The highest BCUT2D eigenvalue weighted by atomic mass is 35.5. The van der Waals surface area contributed by atoms with E-state index in [9.17, 15) is 4.79 Å². The first-order valence-corrected chi connectivity index (χ1v) is 4.96. The number of rotatable bonds is 2. The Morgan fingerprint density at radius 2 is 2.50 bits per heavy atom. The van der Waals surface area contributed by atoms with E-state index >= 15 is 0 Å². The molecule has 2 heterocycles. The van der Waals surface area contributed by atoms with Crippen molar-refractivity contribution in [3.8, 4) is 0 Å². The Morgan fingerprint density at radius 3 is 3.21 bits per heavy atom. The second-order valence-corrected chi connectivity index (χ2v) is 3.75. The molecule has 0 aliphatic carbocycles. The van der Waals surface area contributed by atoms with E-state index in [1.807, 2.05) is 5.38 Å². The maximum atomic E-state index is 10.3. The number of halogens is 1. The molecule has 2 aromatic rings. The Kier molecular flexibility index (Phi) is 2.26. The molecule has 2 rings (SSSR count). The van der Waals surface area contributed by atoms with Crippen LogP contribution >= 0.6 is 22.9 Å². The van der Waals surface area contributed by atoms with Crippen LogP contribution < -0.4 is 0 Å². The summed E-state index contributed by atoms with van der Waals surface area (Å²) < 4.78 is 1.74. The highest BCUT2D eigenvalue weighted by Crippen LogP contribution is 2.22. The van der Waals surface area contributed by atoms with E-state index in [-0.39, 0.29) is 0 Å². The second kappa shape index (κ2) is 3.43. The summed E-state index contributed by atoms with van der Waals surface area (Å²) in [7, 11) is 0. The first-order valence-electron chi connectivity index (χ1n) is 3.70. The van der Waals surface area contributed by atoms with Crippen molar-refractivity contribution >= 4 is 39.9 Å². The van der Waals surface area contributed by atoms with Crippen molar-refractivity contribution < 1.29 is 9.90 Å². The number of aliphatic carboxylic acids is 1. The van der Waals surface area contributed by atoms with E-state index in [1.54, 1.807) is 10.6 Å². The van der Waals surface area contributed by atoms with Crippen molar-refractivity contribution in [2.24, 2.45) is 0 Å². The topological polar surface area (TPSA) is 54.6 Å². The zero-order valence-electron chi connectivity index (χ0n) is 6.85. The maximum absolute atomic E-state index is 10.3. The molecular formula is C8H5ClN2O2S. The van der Waals surface area contributed by atoms with E-state index < -0.39 is 5.97 Å². The van der Waals surface area contributed by atoms with Gasteiger partial charge in [-0.3, -0.25) is 4.40 Å². The Bertz CT molecular complexity index is 514. The fourth-order valence-electron chi connectivity index (χ4n) is 1.08. The highest BCUT2D eigenvalue weighted by Gasteiger charge is 2.08. The van der Waals surface area contributed by atoms with Gasteiger partial charge < -0.3 is 5.11 Å². The van der Waals surface area contributed by atoms with Crippen LogP contribution in [0.5, 0.6) is 0 Å². The summed E-state index contributed by atoms with van der Waals surface area (Å²) in [6, 6.07) is 0. The smallest absolute Gasteiger partial charge is 0.328 e. The van der Waals surface area contributed by atoms with Crippen LogP contribution in [0.3, 0.4) is 0 Å². The van der Waals surface area contributed by atoms with E-state index in [2.05, 4.69) is 4.98 Å². The van der Waals surface area contributed by atoms with Crippen LogP contribution in [-0.4, -0.2) is 20.5 Å². The second-order valence-electron chi connectivity index (χ2n) is 2.52. The SMILES string of the molecule is O=C(O)/C=C/c1c(Cl)nc2sccn12. The Labute approximate surface area is 88.1 Å². The van der Waals surface area contributed by atoms with Gasteiger partial charge >= 0.3 is 5.97 Å². The molecule has 0 saturated carbocycles. The molecule has 4 nitrogen and oxygen atoms in total. The summed E-state index contributed by atoms with van der Waals surface area (Å²) in [6.45, 7) is 0. The number of hydrogen-bond acceptors (Lipinski definition) is 3. The van der Waals surface area contributed by atoms with Gasteiger partial charge in [0.2, 0.25) is 0 Å². The summed E-state index contributed by atoms with van der Waals surface area (Å²) in [5, 5.41) is 10.6. The molecule has 0 unspecified atom stereocenters. The van der Waals surface area contributed by atoms with Crippen LogP contribution in [0.25, 0.3) is 11.0 Å². The zero-order valence-corrected chi connectivity index (χ0v) is 8.42. The van der Waals surface area contributed by atoms with Crippen LogP contribution in [0.2, 0.25) is 5.15 Å². The quantitative estimate of drug-likeness (QED) is 0.802. The average Bonchev–Trinajstić information content (AvgIpc) is 2.61. The predicted molar refractivity (Wildman–Crippen MR) is 54.7 cm³/mol. The number of imidazole rings is 1. The molecule has 0 fully saturated rings. The lowest BCUT2D eigenvalue weighted by molar-refractivity contribution is -0.131. The predicted octanol–water partition coefficient (Wildman–Crippen LogP) is 2.15. The first-order chi connectivity index (χ1) is 6.68.